The van der Waals surface area contributed by atoms with Gasteiger partial charge in [-0.25, -0.2) is 0 Å². The van der Waals surface area contributed by atoms with Crippen LogP contribution in [0.2, 0.25) is 0 Å². The number of Topliss-reactive ketones (excluding diaryl/α,β-unsaturated/α-hetero) is 1. The minimum absolute atomic E-state index is 0.0208. The van der Waals surface area contributed by atoms with Crippen LogP contribution >= 0.6 is 0 Å². The van der Waals surface area contributed by atoms with Crippen LogP contribution in [0.5, 0.6) is 0 Å². The molecule has 1 aromatic carbocycles. The van der Waals surface area contributed by atoms with E-state index in [1.54, 1.807) is 6.92 Å². The third-order valence-electron chi connectivity index (χ3n) is 5.46. The number of carbonyl (C=O) groups excluding carboxylic acids is 2. The normalized spacial score (nSPS) is 28.0. The summed E-state index contributed by atoms with van der Waals surface area (Å²) in [6.45, 7) is 4.74. The van der Waals surface area contributed by atoms with Crippen molar-refractivity contribution in [2.75, 3.05) is 32.9 Å². The lowest BCUT2D eigenvalue weighted by atomic mass is 9.79. The monoisotopic (exact) mass is 359 g/mol. The van der Waals surface area contributed by atoms with E-state index in [0.717, 1.165) is 38.8 Å². The molecule has 4 atom stereocenters. The Morgan fingerprint density at radius 1 is 1.19 bits per heavy atom. The fourth-order valence-corrected chi connectivity index (χ4v) is 4.03. The molecule has 0 saturated carbocycles. The van der Waals surface area contributed by atoms with Crippen LogP contribution in [0.3, 0.4) is 0 Å². The number of ketones is 1. The van der Waals surface area contributed by atoms with Gasteiger partial charge >= 0.3 is 5.97 Å². The largest absolute Gasteiger partial charge is 0.465 e. The van der Waals surface area contributed by atoms with Gasteiger partial charge in [0.05, 0.1) is 13.2 Å². The fourth-order valence-electron chi connectivity index (χ4n) is 4.03. The highest BCUT2D eigenvalue weighted by Crippen LogP contribution is 2.31. The van der Waals surface area contributed by atoms with Crippen LogP contribution in [-0.2, 0) is 25.5 Å². The van der Waals surface area contributed by atoms with Crippen LogP contribution in [-0.4, -0.2) is 55.6 Å². The van der Waals surface area contributed by atoms with Gasteiger partial charge in [0.1, 0.15) is 5.92 Å². The van der Waals surface area contributed by atoms with E-state index in [9.17, 15) is 9.59 Å². The minimum atomic E-state index is -0.616. The van der Waals surface area contributed by atoms with E-state index in [0.29, 0.717) is 25.8 Å². The number of ether oxygens (including phenoxy) is 2. The SMILES string of the molecule is CCOC(=O)C1CN2CC(CCC2COCCCc2ccccc2)C1=O. The number of nitrogens with zero attached hydrogens (tertiary/aromatic N) is 1. The first-order chi connectivity index (χ1) is 12.7. The first-order valence-electron chi connectivity index (χ1n) is 9.75. The van der Waals surface area contributed by atoms with E-state index in [2.05, 4.69) is 29.2 Å². The van der Waals surface area contributed by atoms with Crippen molar-refractivity contribution >= 4 is 11.8 Å². The van der Waals surface area contributed by atoms with Crippen molar-refractivity contribution in [3.05, 3.63) is 35.9 Å². The van der Waals surface area contributed by atoms with Crippen LogP contribution in [0.4, 0.5) is 0 Å². The van der Waals surface area contributed by atoms with Crippen molar-refractivity contribution in [3.63, 3.8) is 0 Å². The van der Waals surface area contributed by atoms with Gasteiger partial charge in [-0.2, -0.15) is 0 Å². The summed E-state index contributed by atoms with van der Waals surface area (Å²) in [5.74, 6) is -0.930. The van der Waals surface area contributed by atoms with Gasteiger partial charge in [0.2, 0.25) is 0 Å². The average molecular weight is 359 g/mol. The number of aryl methyl sites for hydroxylation is 1. The molecule has 0 radical (unpaired) electrons. The summed E-state index contributed by atoms with van der Waals surface area (Å²) in [5, 5.41) is 0. The Kier molecular flexibility index (Phi) is 6.80. The van der Waals surface area contributed by atoms with Gasteiger partial charge in [0.15, 0.2) is 5.78 Å². The highest BCUT2D eigenvalue weighted by atomic mass is 16.5. The van der Waals surface area contributed by atoms with Crippen molar-refractivity contribution < 1.29 is 19.1 Å². The molecule has 2 aliphatic rings. The predicted molar refractivity (Wildman–Crippen MR) is 98.8 cm³/mol. The van der Waals surface area contributed by atoms with Crippen molar-refractivity contribution in [1.82, 2.24) is 4.90 Å². The number of carbonyl (C=O) groups is 2. The standard InChI is InChI=1S/C21H29NO4/c1-2-26-21(24)19-14-22-13-17(20(19)23)10-11-18(22)15-25-12-6-9-16-7-4-3-5-8-16/h3-5,7-8,17-19H,2,6,9-15H2,1H3. The Morgan fingerprint density at radius 3 is 2.77 bits per heavy atom. The Morgan fingerprint density at radius 2 is 2.00 bits per heavy atom. The molecule has 26 heavy (non-hydrogen) atoms. The number of hydrogen-bond acceptors (Lipinski definition) is 5. The molecule has 0 amide bonds. The Bertz CT molecular complexity index is 603. The summed E-state index contributed by atoms with van der Waals surface area (Å²) in [6, 6.07) is 10.7. The zero-order valence-corrected chi connectivity index (χ0v) is 15.6. The predicted octanol–water partition coefficient (Wildman–Crippen LogP) is 2.48. The lowest BCUT2D eigenvalue weighted by Crippen LogP contribution is -2.57. The van der Waals surface area contributed by atoms with Crippen molar-refractivity contribution in [2.24, 2.45) is 11.8 Å². The van der Waals surface area contributed by atoms with E-state index in [4.69, 9.17) is 9.47 Å². The first-order valence-corrected chi connectivity index (χ1v) is 9.75. The van der Waals surface area contributed by atoms with Crippen LogP contribution in [0.25, 0.3) is 0 Å². The number of esters is 1. The zero-order chi connectivity index (χ0) is 18.4. The van der Waals surface area contributed by atoms with E-state index in [-0.39, 0.29) is 17.7 Å². The van der Waals surface area contributed by atoms with Crippen molar-refractivity contribution in [2.45, 2.75) is 38.6 Å². The molecule has 2 aliphatic heterocycles. The lowest BCUT2D eigenvalue weighted by molar-refractivity contribution is -0.158. The van der Waals surface area contributed by atoms with Gasteiger partial charge in [0, 0.05) is 31.7 Å². The van der Waals surface area contributed by atoms with E-state index >= 15 is 0 Å². The zero-order valence-electron chi connectivity index (χ0n) is 15.6. The van der Waals surface area contributed by atoms with Crippen LogP contribution in [0.1, 0.15) is 31.7 Å². The molecule has 0 N–H and O–H groups in total. The third-order valence-corrected chi connectivity index (χ3v) is 5.46. The van der Waals surface area contributed by atoms with E-state index in [1.165, 1.54) is 5.56 Å². The third kappa shape index (κ3) is 4.71. The van der Waals surface area contributed by atoms with E-state index in [1.807, 2.05) is 6.07 Å². The fraction of sp³-hybridized carbons (Fsp3) is 0.619. The second kappa shape index (κ2) is 9.28. The van der Waals surface area contributed by atoms with Crippen molar-refractivity contribution in [1.29, 1.82) is 0 Å². The van der Waals surface area contributed by atoms with Crippen LogP contribution in [0, 0.1) is 11.8 Å². The average Bonchev–Trinajstić information content (AvgIpc) is 2.66. The molecule has 1 aromatic rings. The minimum Gasteiger partial charge on any atom is -0.465 e. The highest BCUT2D eigenvalue weighted by molar-refractivity contribution is 6.01. The molecule has 5 nitrogen and oxygen atoms in total. The van der Waals surface area contributed by atoms with Crippen LogP contribution in [0.15, 0.2) is 30.3 Å². The summed E-state index contributed by atoms with van der Waals surface area (Å²) in [4.78, 5) is 26.8. The Hall–Kier alpha value is -1.72. The molecule has 2 heterocycles. The molecule has 0 aliphatic carbocycles. The smallest absolute Gasteiger partial charge is 0.317 e. The number of benzene rings is 1. The van der Waals surface area contributed by atoms with Gasteiger partial charge in [-0.1, -0.05) is 30.3 Å². The van der Waals surface area contributed by atoms with E-state index < -0.39 is 5.92 Å². The first kappa shape index (κ1) is 19.1. The molecule has 3 rings (SSSR count). The summed E-state index contributed by atoms with van der Waals surface area (Å²) >= 11 is 0. The van der Waals surface area contributed by atoms with Gasteiger partial charge in [-0.3, -0.25) is 14.5 Å². The van der Waals surface area contributed by atoms with Crippen molar-refractivity contribution in [3.8, 4) is 0 Å². The number of rotatable bonds is 8. The molecule has 0 spiro atoms. The van der Waals surface area contributed by atoms with Gasteiger partial charge in [-0.05, 0) is 38.2 Å². The summed E-state index contributed by atoms with van der Waals surface area (Å²) in [6.07, 6.45) is 3.84. The van der Waals surface area contributed by atoms with Gasteiger partial charge in [-0.15, -0.1) is 0 Å². The maximum absolute atomic E-state index is 12.4. The van der Waals surface area contributed by atoms with Gasteiger partial charge < -0.3 is 9.47 Å². The summed E-state index contributed by atoms with van der Waals surface area (Å²) in [7, 11) is 0. The topological polar surface area (TPSA) is 55.8 Å². The molecular formula is C21H29NO4. The second-order valence-corrected chi connectivity index (χ2v) is 7.25. The molecular weight excluding hydrogens is 330 g/mol. The Balaban J connectivity index is 1.43. The molecule has 142 valence electrons. The second-order valence-electron chi connectivity index (χ2n) is 7.25. The molecule has 2 bridgehead atoms. The summed E-state index contributed by atoms with van der Waals surface area (Å²) < 4.78 is 11.0. The van der Waals surface area contributed by atoms with Gasteiger partial charge in [0.25, 0.3) is 0 Å². The Labute approximate surface area is 155 Å². The molecule has 5 heteroatoms. The number of piperidine rings is 2. The van der Waals surface area contributed by atoms with Crippen LogP contribution < -0.4 is 0 Å². The molecule has 0 aromatic heterocycles. The molecule has 2 fully saturated rings. The summed E-state index contributed by atoms with van der Waals surface area (Å²) in [5.41, 5.74) is 1.34. The number of hydrogen-bond donors (Lipinski definition) is 0. The lowest BCUT2D eigenvalue weighted by Gasteiger charge is -2.44. The molecule has 4 unspecified atom stereocenters. The quantitative estimate of drug-likeness (QED) is 0.405. The molecule has 2 saturated heterocycles. The highest BCUT2D eigenvalue weighted by Gasteiger charge is 2.44. The maximum atomic E-state index is 12.4. The maximum Gasteiger partial charge on any atom is 0.317 e. The number of fused-ring (bicyclic) bond motifs is 2.